The molecule has 0 amide bonds. The zero-order valence-electron chi connectivity index (χ0n) is 21.9. The number of aldehydes is 1. The molecule has 5 rings (SSSR count). The van der Waals surface area contributed by atoms with Crippen molar-refractivity contribution in [3.8, 4) is 22.8 Å². The monoisotopic (exact) mass is 517 g/mol. The van der Waals surface area contributed by atoms with Gasteiger partial charge in [0, 0.05) is 17.2 Å². The van der Waals surface area contributed by atoms with Gasteiger partial charge >= 0.3 is 5.97 Å². The van der Waals surface area contributed by atoms with E-state index < -0.39 is 5.82 Å². The van der Waals surface area contributed by atoms with Gasteiger partial charge in [-0.2, -0.15) is 0 Å². The van der Waals surface area contributed by atoms with E-state index in [4.69, 9.17) is 14.2 Å². The molecule has 1 unspecified atom stereocenters. The first-order chi connectivity index (χ1) is 18.4. The fraction of sp³-hybridized carbons (Fsp3) is 0.387. The molecule has 7 heteroatoms. The second-order valence-corrected chi connectivity index (χ2v) is 10.2. The quantitative estimate of drug-likeness (QED) is 0.252. The molecular weight excluding hydrogens is 485 g/mol. The molecule has 1 saturated carbocycles. The highest BCUT2D eigenvalue weighted by molar-refractivity contribution is 5.88. The molecule has 2 heterocycles. The number of carbonyl (C=O) groups excluding carboxylic acids is 2. The van der Waals surface area contributed by atoms with E-state index in [0.29, 0.717) is 17.0 Å². The molecule has 1 aromatic heterocycles. The van der Waals surface area contributed by atoms with Gasteiger partial charge in [-0.1, -0.05) is 37.6 Å². The Kier molecular flexibility index (Phi) is 7.45. The minimum absolute atomic E-state index is 0.0821. The average Bonchev–Trinajstić information content (AvgIpc) is 2.93. The lowest BCUT2D eigenvalue weighted by Gasteiger charge is -2.37. The third-order valence-electron chi connectivity index (χ3n) is 8.09. The minimum Gasteiger partial charge on any atom is -0.485 e. The maximum Gasteiger partial charge on any atom is 0.309 e. The van der Waals surface area contributed by atoms with Gasteiger partial charge in [-0.25, -0.2) is 9.37 Å². The van der Waals surface area contributed by atoms with Crippen molar-refractivity contribution in [1.82, 2.24) is 4.98 Å². The van der Waals surface area contributed by atoms with Crippen molar-refractivity contribution in [1.29, 1.82) is 0 Å². The van der Waals surface area contributed by atoms with Crippen LogP contribution >= 0.6 is 0 Å². The lowest BCUT2D eigenvalue weighted by atomic mass is 9.68. The molecule has 0 radical (unpaired) electrons. The summed E-state index contributed by atoms with van der Waals surface area (Å²) >= 11 is 0. The normalized spacial score (nSPS) is 18.4. The number of nitrogens with zero attached hydrogens (tertiary/aromatic N) is 1. The third kappa shape index (κ3) is 4.89. The van der Waals surface area contributed by atoms with Crippen LogP contribution in [-0.2, 0) is 16.0 Å². The number of aromatic nitrogens is 1. The first-order valence-electron chi connectivity index (χ1n) is 13.1. The first-order valence-corrected chi connectivity index (χ1v) is 13.1. The van der Waals surface area contributed by atoms with Crippen molar-refractivity contribution in [3.05, 3.63) is 76.7 Å². The van der Waals surface area contributed by atoms with E-state index in [-0.39, 0.29) is 35.4 Å². The number of hydrogen-bond donors (Lipinski definition) is 0. The van der Waals surface area contributed by atoms with E-state index in [0.717, 1.165) is 60.6 Å². The lowest BCUT2D eigenvalue weighted by Crippen LogP contribution is -2.30. The Morgan fingerprint density at radius 1 is 1.11 bits per heavy atom. The van der Waals surface area contributed by atoms with Crippen LogP contribution in [-0.4, -0.2) is 31.5 Å². The van der Waals surface area contributed by atoms with Crippen molar-refractivity contribution in [3.63, 3.8) is 0 Å². The van der Waals surface area contributed by atoms with Gasteiger partial charge < -0.3 is 14.2 Å². The second kappa shape index (κ2) is 10.9. The summed E-state index contributed by atoms with van der Waals surface area (Å²) in [7, 11) is 2.90. The van der Waals surface area contributed by atoms with Crippen LogP contribution in [0.1, 0.15) is 71.7 Å². The topological polar surface area (TPSA) is 74.7 Å². The first kappa shape index (κ1) is 25.9. The van der Waals surface area contributed by atoms with E-state index in [1.807, 2.05) is 13.0 Å². The molecule has 0 N–H and O–H groups in total. The highest BCUT2D eigenvalue weighted by Gasteiger charge is 2.37. The molecule has 0 bridgehead atoms. The number of aryl methyl sites for hydroxylation is 1. The van der Waals surface area contributed by atoms with E-state index in [1.54, 1.807) is 12.1 Å². The highest BCUT2D eigenvalue weighted by Crippen LogP contribution is 2.46. The van der Waals surface area contributed by atoms with Crippen molar-refractivity contribution in [2.45, 2.75) is 51.0 Å². The smallest absolute Gasteiger partial charge is 0.309 e. The zero-order valence-corrected chi connectivity index (χ0v) is 21.9. The van der Waals surface area contributed by atoms with Gasteiger partial charge in [0.05, 0.1) is 26.3 Å². The van der Waals surface area contributed by atoms with E-state index in [1.165, 1.54) is 26.7 Å². The molecule has 0 saturated heterocycles. The van der Waals surface area contributed by atoms with Gasteiger partial charge in [-0.15, -0.1) is 0 Å². The standard InChI is InChI=1S/C31H32FNO5/c1-18(31(35)37-3)30(20-5-4-6-20)22-8-7-19-10-12-27(38-28(19)14-22)21-9-11-24(23(13-21)17-34)25-15-29(36-2)33-16-26(25)32/h7-9,11,13-18,20,27,30H,4-6,10,12H2,1-3H3/t18-,27?,30-/m0/s1. The number of benzene rings is 2. The number of esters is 1. The fourth-order valence-corrected chi connectivity index (χ4v) is 5.79. The number of carbonyl (C=O) groups is 2. The lowest BCUT2D eigenvalue weighted by molar-refractivity contribution is -0.146. The molecule has 2 aromatic carbocycles. The molecule has 1 fully saturated rings. The number of hydrogen-bond acceptors (Lipinski definition) is 6. The SMILES string of the molecule is COC(=O)[C@@H](C)[C@H](c1ccc2c(c1)OC(c1ccc(-c3cc(OC)ncc3F)c(C=O)c1)CC2)C1CCC1. The van der Waals surface area contributed by atoms with E-state index in [2.05, 4.69) is 23.2 Å². The van der Waals surface area contributed by atoms with Crippen molar-refractivity contribution in [2.24, 2.45) is 11.8 Å². The molecule has 3 aromatic rings. The predicted octanol–water partition coefficient (Wildman–Crippen LogP) is 6.47. The van der Waals surface area contributed by atoms with Crippen LogP contribution in [0.3, 0.4) is 0 Å². The molecule has 38 heavy (non-hydrogen) atoms. The number of rotatable bonds is 8. The molecule has 1 aliphatic carbocycles. The Hall–Kier alpha value is -3.74. The Labute approximate surface area is 222 Å². The Morgan fingerprint density at radius 3 is 2.61 bits per heavy atom. The van der Waals surface area contributed by atoms with Gasteiger partial charge in [0.1, 0.15) is 17.7 Å². The molecule has 6 nitrogen and oxygen atoms in total. The summed E-state index contributed by atoms with van der Waals surface area (Å²) < 4.78 is 31.2. The fourth-order valence-electron chi connectivity index (χ4n) is 5.79. The average molecular weight is 518 g/mol. The number of ether oxygens (including phenoxy) is 3. The molecule has 3 atom stereocenters. The maximum atomic E-state index is 14.6. The summed E-state index contributed by atoms with van der Waals surface area (Å²) in [4.78, 5) is 28.3. The van der Waals surface area contributed by atoms with Gasteiger partial charge in [0.2, 0.25) is 5.88 Å². The van der Waals surface area contributed by atoms with Crippen LogP contribution < -0.4 is 9.47 Å². The van der Waals surface area contributed by atoms with Gasteiger partial charge in [-0.05, 0) is 71.9 Å². The van der Waals surface area contributed by atoms with Crippen LogP contribution in [0.25, 0.3) is 11.1 Å². The molecule has 0 spiro atoms. The molecular formula is C31H32FNO5. The molecule has 2 aliphatic rings. The summed E-state index contributed by atoms with van der Waals surface area (Å²) in [6.07, 6.45) is 6.56. The largest absolute Gasteiger partial charge is 0.485 e. The van der Waals surface area contributed by atoms with Gasteiger partial charge in [-0.3, -0.25) is 9.59 Å². The van der Waals surface area contributed by atoms with Crippen LogP contribution in [0.15, 0.2) is 48.7 Å². The van der Waals surface area contributed by atoms with Crippen LogP contribution in [0.4, 0.5) is 4.39 Å². The second-order valence-electron chi connectivity index (χ2n) is 10.2. The Balaban J connectivity index is 1.43. The van der Waals surface area contributed by atoms with Crippen molar-refractivity contribution in [2.75, 3.05) is 14.2 Å². The summed E-state index contributed by atoms with van der Waals surface area (Å²) in [6, 6.07) is 13.2. The summed E-state index contributed by atoms with van der Waals surface area (Å²) in [5.74, 6) is 0.656. The predicted molar refractivity (Wildman–Crippen MR) is 141 cm³/mol. The van der Waals surface area contributed by atoms with E-state index >= 15 is 0 Å². The summed E-state index contributed by atoms with van der Waals surface area (Å²) in [6.45, 7) is 1.95. The zero-order chi connectivity index (χ0) is 26.8. The molecule has 198 valence electrons. The summed E-state index contributed by atoms with van der Waals surface area (Å²) in [5.41, 5.74) is 4.17. The number of pyridine rings is 1. The highest BCUT2D eigenvalue weighted by atomic mass is 19.1. The Morgan fingerprint density at radius 2 is 1.92 bits per heavy atom. The number of methoxy groups -OCH3 is 2. The molecule has 1 aliphatic heterocycles. The van der Waals surface area contributed by atoms with Gasteiger partial charge in [0.15, 0.2) is 6.29 Å². The summed E-state index contributed by atoms with van der Waals surface area (Å²) in [5, 5.41) is 0. The Bertz CT molecular complexity index is 1350. The van der Waals surface area contributed by atoms with E-state index in [9.17, 15) is 14.0 Å². The van der Waals surface area contributed by atoms with Crippen LogP contribution in [0.2, 0.25) is 0 Å². The van der Waals surface area contributed by atoms with Crippen molar-refractivity contribution < 1.29 is 28.2 Å². The maximum absolute atomic E-state index is 14.6. The minimum atomic E-state index is -0.528. The van der Waals surface area contributed by atoms with Gasteiger partial charge in [0.25, 0.3) is 0 Å². The van der Waals surface area contributed by atoms with Crippen molar-refractivity contribution >= 4 is 12.3 Å². The number of fused-ring (bicyclic) bond motifs is 1. The van der Waals surface area contributed by atoms with Crippen LogP contribution in [0, 0.1) is 17.7 Å². The number of halogens is 1. The third-order valence-corrected chi connectivity index (χ3v) is 8.09. The van der Waals surface area contributed by atoms with Crippen LogP contribution in [0.5, 0.6) is 11.6 Å².